The molecule has 0 atom stereocenters. The van der Waals surface area contributed by atoms with Crippen LogP contribution in [-0.2, 0) is 4.79 Å². The molecule has 0 saturated heterocycles. The van der Waals surface area contributed by atoms with Crippen LogP contribution in [0.1, 0.15) is 90.4 Å². The molecule has 0 aliphatic heterocycles. The van der Waals surface area contributed by atoms with E-state index in [1.54, 1.807) is 0 Å². The molecule has 0 rings (SSSR count). The molecule has 0 aromatic rings. The largest absolute Gasteiger partial charge is 0.365 e. The summed E-state index contributed by atoms with van der Waals surface area (Å²) in [7, 11) is 0. The van der Waals surface area contributed by atoms with Crippen molar-refractivity contribution in [1.29, 1.82) is 0 Å². The molecule has 0 bridgehead atoms. The molecule has 0 aliphatic rings. The number of carbonyl (C=O) groups excluding carboxylic acids is 1. The van der Waals surface area contributed by atoms with E-state index in [0.717, 1.165) is 26.1 Å². The van der Waals surface area contributed by atoms with Gasteiger partial charge in [-0.1, -0.05) is 96.8 Å². The van der Waals surface area contributed by atoms with Gasteiger partial charge in [0.05, 0.1) is 19.6 Å². The molecule has 28 heavy (non-hydrogen) atoms. The van der Waals surface area contributed by atoms with E-state index in [2.05, 4.69) is 32.2 Å². The Labute approximate surface area is 175 Å². The maximum Gasteiger partial charge on any atom is 0.272 e. The fraction of sp³-hybridized carbons (Fsp3) is 0.720. The average molecular weight is 392 g/mol. The van der Waals surface area contributed by atoms with Gasteiger partial charge >= 0.3 is 0 Å². The van der Waals surface area contributed by atoms with Crippen LogP contribution < -0.4 is 5.73 Å². The first kappa shape index (κ1) is 26.6. The molecule has 162 valence electrons. The third kappa shape index (κ3) is 15.7. The minimum absolute atomic E-state index is 0.266. The summed E-state index contributed by atoms with van der Waals surface area (Å²) in [5, 5.41) is 0. The van der Waals surface area contributed by atoms with Crippen LogP contribution in [-0.4, -0.2) is 36.6 Å². The van der Waals surface area contributed by atoms with Gasteiger partial charge in [0.1, 0.15) is 0 Å². The number of quaternary nitrogens is 1. The van der Waals surface area contributed by atoms with Crippen molar-refractivity contribution in [3.8, 4) is 0 Å². The third-order valence-corrected chi connectivity index (χ3v) is 5.41. The van der Waals surface area contributed by atoms with Crippen molar-refractivity contribution in [2.45, 2.75) is 90.4 Å². The third-order valence-electron chi connectivity index (χ3n) is 5.41. The van der Waals surface area contributed by atoms with Gasteiger partial charge in [-0.05, 0) is 31.1 Å². The van der Waals surface area contributed by atoms with Crippen LogP contribution in [0.25, 0.3) is 0 Å². The summed E-state index contributed by atoms with van der Waals surface area (Å²) in [6, 6.07) is 0. The number of nitrogens with zero attached hydrogens (tertiary/aromatic N) is 1. The van der Waals surface area contributed by atoms with Gasteiger partial charge < -0.3 is 10.2 Å². The van der Waals surface area contributed by atoms with Gasteiger partial charge in [0.2, 0.25) is 0 Å². The summed E-state index contributed by atoms with van der Waals surface area (Å²) in [4.78, 5) is 11.4. The zero-order valence-corrected chi connectivity index (χ0v) is 18.7. The summed E-state index contributed by atoms with van der Waals surface area (Å²) >= 11 is 0. The molecule has 0 aromatic carbocycles. The molecule has 3 nitrogen and oxygen atoms in total. The topological polar surface area (TPSA) is 43.1 Å². The quantitative estimate of drug-likeness (QED) is 0.139. The van der Waals surface area contributed by atoms with E-state index < -0.39 is 0 Å². The van der Waals surface area contributed by atoms with Gasteiger partial charge in [-0.15, -0.1) is 0 Å². The molecular weight excluding hydrogens is 344 g/mol. The lowest BCUT2D eigenvalue weighted by Crippen LogP contribution is -2.53. The van der Waals surface area contributed by atoms with Gasteiger partial charge in [-0.2, -0.15) is 0 Å². The number of allylic oxidation sites excluding steroid dienone is 1. The first-order valence-corrected chi connectivity index (χ1v) is 11.6. The van der Waals surface area contributed by atoms with E-state index in [9.17, 15) is 4.79 Å². The van der Waals surface area contributed by atoms with Crippen LogP contribution in [0.2, 0.25) is 0 Å². The van der Waals surface area contributed by atoms with Gasteiger partial charge in [0.15, 0.2) is 6.54 Å². The Bertz CT molecular complexity index is 418. The van der Waals surface area contributed by atoms with E-state index in [4.69, 9.17) is 5.73 Å². The van der Waals surface area contributed by atoms with Crippen molar-refractivity contribution in [2.75, 3.05) is 26.2 Å². The van der Waals surface area contributed by atoms with Gasteiger partial charge in [0, 0.05) is 0 Å². The number of nitrogens with two attached hydrogens (primary N) is 1. The number of carbonyl (C=O) groups is 1. The fourth-order valence-electron chi connectivity index (χ4n) is 3.81. The lowest BCUT2D eigenvalue weighted by molar-refractivity contribution is -0.904. The fourth-order valence-corrected chi connectivity index (χ4v) is 3.81. The summed E-state index contributed by atoms with van der Waals surface area (Å²) < 4.78 is 0.595. The molecule has 1 amide bonds. The molecule has 0 fully saturated rings. The smallest absolute Gasteiger partial charge is 0.272 e. The Hall–Kier alpha value is -1.35. The number of hydrogen-bond acceptors (Lipinski definition) is 1. The van der Waals surface area contributed by atoms with Crippen LogP contribution >= 0.6 is 0 Å². The zero-order valence-electron chi connectivity index (χ0n) is 18.7. The lowest BCUT2D eigenvalue weighted by Gasteiger charge is -2.34. The number of rotatable bonds is 21. The van der Waals surface area contributed by atoms with Crippen molar-refractivity contribution < 1.29 is 9.28 Å². The molecule has 0 radical (unpaired) electrons. The molecule has 0 heterocycles. The molecule has 0 aromatic heterocycles. The van der Waals surface area contributed by atoms with Crippen LogP contribution in [0, 0.1) is 0 Å². The predicted molar refractivity (Wildman–Crippen MR) is 124 cm³/mol. The second-order valence-corrected chi connectivity index (χ2v) is 8.24. The number of primary amides is 1. The second kappa shape index (κ2) is 19.0. The van der Waals surface area contributed by atoms with Crippen LogP contribution in [0.3, 0.4) is 0 Å². The number of amides is 1. The first-order valence-electron chi connectivity index (χ1n) is 11.6. The summed E-state index contributed by atoms with van der Waals surface area (Å²) in [5.41, 5.74) is 5.45. The van der Waals surface area contributed by atoms with Crippen LogP contribution in [0.4, 0.5) is 0 Å². The minimum Gasteiger partial charge on any atom is -0.365 e. The molecule has 0 aliphatic carbocycles. The van der Waals surface area contributed by atoms with Gasteiger partial charge in [-0.25, -0.2) is 0 Å². The molecule has 0 saturated carbocycles. The Morgan fingerprint density at radius 2 is 1.21 bits per heavy atom. The molecular formula is C25H47N2O+. The molecule has 0 spiro atoms. The Morgan fingerprint density at radius 3 is 1.64 bits per heavy atom. The highest BCUT2D eigenvalue weighted by molar-refractivity contribution is 5.75. The average Bonchev–Trinajstić information content (AvgIpc) is 2.65. The Kier molecular flexibility index (Phi) is 18.1. The van der Waals surface area contributed by atoms with Crippen LogP contribution in [0.5, 0.6) is 0 Å². The summed E-state index contributed by atoms with van der Waals surface area (Å²) in [6.45, 7) is 12.5. The van der Waals surface area contributed by atoms with Gasteiger partial charge in [-0.3, -0.25) is 4.79 Å². The van der Waals surface area contributed by atoms with E-state index >= 15 is 0 Å². The predicted octanol–water partition coefficient (Wildman–Crippen LogP) is 6.31. The van der Waals surface area contributed by atoms with Crippen molar-refractivity contribution >= 4 is 5.91 Å². The lowest BCUT2D eigenvalue weighted by atomic mass is 10.0. The van der Waals surface area contributed by atoms with Crippen molar-refractivity contribution in [3.05, 3.63) is 37.5 Å². The SMILES string of the molecule is C=CC[N+](CC=C)(CC=CCCCCCCCCCCCCCC)CC(N)=O. The van der Waals surface area contributed by atoms with Crippen LogP contribution in [0.15, 0.2) is 37.5 Å². The van der Waals surface area contributed by atoms with E-state index in [0.29, 0.717) is 11.0 Å². The molecule has 3 heteroatoms. The van der Waals surface area contributed by atoms with E-state index in [1.165, 1.54) is 77.0 Å². The normalized spacial score (nSPS) is 11.8. The maximum absolute atomic E-state index is 11.4. The summed E-state index contributed by atoms with van der Waals surface area (Å²) in [5.74, 6) is -0.266. The van der Waals surface area contributed by atoms with Crippen molar-refractivity contribution in [3.63, 3.8) is 0 Å². The highest BCUT2D eigenvalue weighted by Crippen LogP contribution is 2.13. The highest BCUT2D eigenvalue weighted by Gasteiger charge is 2.25. The standard InChI is InChI=1S/C25H46N2O/c1-4-7-8-9-10-11-12-13-14-15-16-17-18-19-20-23-27(21-5-2,22-6-3)24-25(26)28/h5-6,19-20H,2-4,7-18,21-24H2,1H3,(H-,26,28)/p+1. The highest BCUT2D eigenvalue weighted by atomic mass is 16.1. The Morgan fingerprint density at radius 1 is 0.750 bits per heavy atom. The Balaban J connectivity index is 3.77. The van der Waals surface area contributed by atoms with E-state index in [1.807, 2.05) is 12.2 Å². The van der Waals surface area contributed by atoms with E-state index in [-0.39, 0.29) is 5.91 Å². The monoisotopic (exact) mass is 391 g/mol. The minimum atomic E-state index is -0.266. The summed E-state index contributed by atoms with van der Waals surface area (Å²) in [6.07, 6.45) is 25.9. The van der Waals surface area contributed by atoms with Gasteiger partial charge in [0.25, 0.3) is 5.91 Å². The molecule has 0 unspecified atom stereocenters. The van der Waals surface area contributed by atoms with Crippen molar-refractivity contribution in [2.24, 2.45) is 5.73 Å². The number of unbranched alkanes of at least 4 members (excludes halogenated alkanes) is 12. The molecule has 2 N–H and O–H groups in total. The first-order chi connectivity index (χ1) is 13.6. The zero-order chi connectivity index (χ0) is 20.9. The second-order valence-electron chi connectivity index (χ2n) is 8.24. The number of hydrogen-bond donors (Lipinski definition) is 1. The van der Waals surface area contributed by atoms with Crippen molar-refractivity contribution in [1.82, 2.24) is 0 Å². The maximum atomic E-state index is 11.4.